The average molecular weight is 259 g/mol. The lowest BCUT2D eigenvalue weighted by Gasteiger charge is -2.24. The molecule has 3 rings (SSSR count). The standard InChI is InChI=1S/C12H13N5O2/c18-12(19)9-2-1-3-10(16-9)15-8-4-5-11-13-7-14-17(11)6-8/h1-3,7-8H,4-6H2,(H,15,16)(H,18,19). The molecule has 0 fully saturated rings. The number of carboxylic acid groups (broad SMARTS) is 1. The molecule has 1 atom stereocenters. The van der Waals surface area contributed by atoms with Crippen LogP contribution in [0.4, 0.5) is 5.82 Å². The van der Waals surface area contributed by atoms with E-state index >= 15 is 0 Å². The summed E-state index contributed by atoms with van der Waals surface area (Å²) in [7, 11) is 0. The van der Waals surface area contributed by atoms with E-state index in [-0.39, 0.29) is 11.7 Å². The fourth-order valence-electron chi connectivity index (χ4n) is 2.20. The lowest BCUT2D eigenvalue weighted by atomic mass is 10.1. The van der Waals surface area contributed by atoms with Gasteiger partial charge >= 0.3 is 5.97 Å². The van der Waals surface area contributed by atoms with E-state index in [9.17, 15) is 4.79 Å². The van der Waals surface area contributed by atoms with Crippen molar-refractivity contribution in [3.05, 3.63) is 36.0 Å². The highest BCUT2D eigenvalue weighted by molar-refractivity contribution is 5.85. The third-order valence-corrected chi connectivity index (χ3v) is 3.13. The molecule has 0 spiro atoms. The van der Waals surface area contributed by atoms with E-state index in [1.165, 1.54) is 6.07 Å². The van der Waals surface area contributed by atoms with Crippen LogP contribution >= 0.6 is 0 Å². The van der Waals surface area contributed by atoms with Crippen LogP contribution in [-0.4, -0.2) is 36.9 Å². The van der Waals surface area contributed by atoms with Crippen molar-refractivity contribution in [1.82, 2.24) is 19.7 Å². The van der Waals surface area contributed by atoms with Gasteiger partial charge in [0.15, 0.2) is 5.69 Å². The van der Waals surface area contributed by atoms with Crippen molar-refractivity contribution in [2.24, 2.45) is 0 Å². The number of carbonyl (C=O) groups is 1. The normalized spacial score (nSPS) is 17.8. The van der Waals surface area contributed by atoms with Crippen LogP contribution in [0, 0.1) is 0 Å². The van der Waals surface area contributed by atoms with E-state index in [0.29, 0.717) is 12.4 Å². The number of pyridine rings is 1. The van der Waals surface area contributed by atoms with E-state index in [4.69, 9.17) is 5.11 Å². The van der Waals surface area contributed by atoms with Gasteiger partial charge in [0.2, 0.25) is 0 Å². The zero-order valence-electron chi connectivity index (χ0n) is 10.2. The molecule has 7 heteroatoms. The second-order valence-corrected chi connectivity index (χ2v) is 4.45. The first-order valence-corrected chi connectivity index (χ1v) is 6.06. The van der Waals surface area contributed by atoms with Gasteiger partial charge in [-0.3, -0.25) is 0 Å². The van der Waals surface area contributed by atoms with Gasteiger partial charge in [-0.2, -0.15) is 5.10 Å². The number of hydrogen-bond acceptors (Lipinski definition) is 5. The van der Waals surface area contributed by atoms with Crippen molar-refractivity contribution in [1.29, 1.82) is 0 Å². The maximum Gasteiger partial charge on any atom is 0.354 e. The summed E-state index contributed by atoms with van der Waals surface area (Å²) in [6.45, 7) is 0.717. The van der Waals surface area contributed by atoms with Crippen LogP contribution in [-0.2, 0) is 13.0 Å². The second-order valence-electron chi connectivity index (χ2n) is 4.45. The summed E-state index contributed by atoms with van der Waals surface area (Å²) < 4.78 is 1.86. The maximum atomic E-state index is 10.9. The summed E-state index contributed by atoms with van der Waals surface area (Å²) in [5.74, 6) is 0.546. The van der Waals surface area contributed by atoms with Crippen LogP contribution < -0.4 is 5.32 Å². The van der Waals surface area contributed by atoms with Crippen LogP contribution in [0.1, 0.15) is 22.7 Å². The number of rotatable bonds is 3. The van der Waals surface area contributed by atoms with Crippen molar-refractivity contribution in [2.45, 2.75) is 25.4 Å². The number of anilines is 1. The Morgan fingerprint density at radius 3 is 3.21 bits per heavy atom. The Kier molecular flexibility index (Phi) is 2.86. The van der Waals surface area contributed by atoms with Crippen LogP contribution in [0.25, 0.3) is 0 Å². The smallest absolute Gasteiger partial charge is 0.354 e. The molecule has 2 N–H and O–H groups in total. The Morgan fingerprint density at radius 1 is 1.47 bits per heavy atom. The Hall–Kier alpha value is -2.44. The summed E-state index contributed by atoms with van der Waals surface area (Å²) in [6.07, 6.45) is 3.34. The van der Waals surface area contributed by atoms with Crippen molar-refractivity contribution in [3.8, 4) is 0 Å². The predicted octanol–water partition coefficient (Wildman–Crippen LogP) is 0.798. The van der Waals surface area contributed by atoms with Gasteiger partial charge in [-0.1, -0.05) is 6.07 Å². The number of aromatic carboxylic acids is 1. The molecule has 1 unspecified atom stereocenters. The van der Waals surface area contributed by atoms with Gasteiger partial charge in [0.05, 0.1) is 6.54 Å². The highest BCUT2D eigenvalue weighted by Crippen LogP contribution is 2.15. The molecule has 7 nitrogen and oxygen atoms in total. The lowest BCUT2D eigenvalue weighted by Crippen LogP contribution is -2.32. The van der Waals surface area contributed by atoms with Crippen LogP contribution in [0.15, 0.2) is 24.5 Å². The van der Waals surface area contributed by atoms with Gasteiger partial charge in [-0.25, -0.2) is 19.4 Å². The van der Waals surface area contributed by atoms with Gasteiger partial charge in [-0.15, -0.1) is 0 Å². The SMILES string of the molecule is O=C(O)c1cccc(NC2CCc3ncnn3C2)n1. The molecule has 1 aliphatic rings. The van der Waals surface area contributed by atoms with E-state index in [2.05, 4.69) is 20.4 Å². The van der Waals surface area contributed by atoms with Crippen molar-refractivity contribution in [2.75, 3.05) is 5.32 Å². The highest BCUT2D eigenvalue weighted by Gasteiger charge is 2.20. The number of aryl methyl sites for hydroxylation is 1. The molecule has 0 radical (unpaired) electrons. The molecule has 0 aliphatic carbocycles. The molecular formula is C12H13N5O2. The Balaban J connectivity index is 1.72. The monoisotopic (exact) mass is 259 g/mol. The summed E-state index contributed by atoms with van der Waals surface area (Å²) >= 11 is 0. The fraction of sp³-hybridized carbons (Fsp3) is 0.333. The first-order chi connectivity index (χ1) is 9.22. The van der Waals surface area contributed by atoms with Gasteiger partial charge in [0.1, 0.15) is 18.0 Å². The Bertz CT molecular complexity index is 610. The zero-order chi connectivity index (χ0) is 13.2. The molecule has 0 bridgehead atoms. The van der Waals surface area contributed by atoms with E-state index in [0.717, 1.165) is 18.7 Å². The third kappa shape index (κ3) is 2.40. The molecule has 3 heterocycles. The fourth-order valence-corrected chi connectivity index (χ4v) is 2.20. The molecule has 0 saturated heterocycles. The molecule has 1 aliphatic heterocycles. The molecule has 0 saturated carbocycles. The largest absolute Gasteiger partial charge is 0.477 e. The van der Waals surface area contributed by atoms with Gasteiger partial charge in [0, 0.05) is 12.5 Å². The topological polar surface area (TPSA) is 92.9 Å². The Morgan fingerprint density at radius 2 is 2.37 bits per heavy atom. The minimum Gasteiger partial charge on any atom is -0.477 e. The van der Waals surface area contributed by atoms with Gasteiger partial charge in [0.25, 0.3) is 0 Å². The second kappa shape index (κ2) is 4.68. The highest BCUT2D eigenvalue weighted by atomic mass is 16.4. The summed E-state index contributed by atoms with van der Waals surface area (Å²) in [6, 6.07) is 5.11. The van der Waals surface area contributed by atoms with Gasteiger partial charge in [-0.05, 0) is 18.6 Å². The van der Waals surface area contributed by atoms with Crippen LogP contribution in [0.3, 0.4) is 0 Å². The summed E-state index contributed by atoms with van der Waals surface area (Å²) in [5.41, 5.74) is 0.0438. The third-order valence-electron chi connectivity index (χ3n) is 3.13. The minimum atomic E-state index is -1.02. The number of nitrogens with one attached hydrogen (secondary N) is 1. The molecule has 2 aromatic rings. The van der Waals surface area contributed by atoms with Gasteiger partial charge < -0.3 is 10.4 Å². The molecule has 0 amide bonds. The molecule has 2 aromatic heterocycles. The lowest BCUT2D eigenvalue weighted by molar-refractivity contribution is 0.0690. The van der Waals surface area contributed by atoms with E-state index < -0.39 is 5.97 Å². The van der Waals surface area contributed by atoms with Crippen molar-refractivity contribution in [3.63, 3.8) is 0 Å². The van der Waals surface area contributed by atoms with E-state index in [1.54, 1.807) is 18.5 Å². The molecule has 19 heavy (non-hydrogen) atoms. The van der Waals surface area contributed by atoms with Crippen molar-refractivity contribution < 1.29 is 9.90 Å². The quantitative estimate of drug-likeness (QED) is 0.846. The zero-order valence-corrected chi connectivity index (χ0v) is 10.2. The molecule has 0 aromatic carbocycles. The van der Waals surface area contributed by atoms with Crippen molar-refractivity contribution >= 4 is 11.8 Å². The first-order valence-electron chi connectivity index (χ1n) is 6.06. The predicted molar refractivity (Wildman–Crippen MR) is 67.0 cm³/mol. The first kappa shape index (κ1) is 11.6. The number of fused-ring (bicyclic) bond motifs is 1. The molecule has 98 valence electrons. The summed E-state index contributed by atoms with van der Waals surface area (Å²) in [4.78, 5) is 19.1. The van der Waals surface area contributed by atoms with E-state index in [1.807, 2.05) is 4.68 Å². The number of aromatic nitrogens is 4. The maximum absolute atomic E-state index is 10.9. The molecular weight excluding hydrogens is 246 g/mol. The number of hydrogen-bond donors (Lipinski definition) is 2. The average Bonchev–Trinajstić information content (AvgIpc) is 2.86. The number of carboxylic acids is 1. The van der Waals surface area contributed by atoms with Crippen LogP contribution in [0.2, 0.25) is 0 Å². The minimum absolute atomic E-state index is 0.0438. The summed E-state index contributed by atoms with van der Waals surface area (Å²) in [5, 5.41) is 16.3. The number of nitrogens with zero attached hydrogens (tertiary/aromatic N) is 4. The Labute approximate surface area is 109 Å². The van der Waals surface area contributed by atoms with Crippen LogP contribution in [0.5, 0.6) is 0 Å².